The highest BCUT2D eigenvalue weighted by atomic mass is 35.5. The van der Waals surface area contributed by atoms with Crippen LogP contribution in [0.1, 0.15) is 35.9 Å². The smallest absolute Gasteiger partial charge is 0.218 e. The van der Waals surface area contributed by atoms with Crippen molar-refractivity contribution < 1.29 is 9.90 Å². The van der Waals surface area contributed by atoms with E-state index in [1.54, 1.807) is 30.3 Å². The topological polar surface area (TPSA) is 92.4 Å². The summed E-state index contributed by atoms with van der Waals surface area (Å²) in [5, 5.41) is 21.9. The largest absolute Gasteiger partial charge is 0.508 e. The lowest BCUT2D eigenvalue weighted by molar-refractivity contribution is -0.119. The van der Waals surface area contributed by atoms with Crippen LogP contribution in [-0.2, 0) is 4.79 Å². The second-order valence-corrected chi connectivity index (χ2v) is 6.67. The predicted octanol–water partition coefficient (Wildman–Crippen LogP) is 2.92. The van der Waals surface area contributed by atoms with E-state index in [4.69, 9.17) is 16.6 Å². The van der Waals surface area contributed by atoms with Crippen molar-refractivity contribution in [2.45, 2.75) is 20.0 Å². The SMILES string of the molecule is CC(=O)N[C@@H]1N=C(c2ccc(Cl)cc2)c2cc(O)ccc2-n2c(C)nnc21. The van der Waals surface area contributed by atoms with Crippen LogP contribution in [0.3, 0.4) is 0 Å². The molecule has 136 valence electrons. The van der Waals surface area contributed by atoms with E-state index in [0.717, 1.165) is 11.3 Å². The third-order valence-corrected chi connectivity index (χ3v) is 4.54. The number of fused-ring (bicyclic) bond motifs is 3. The molecule has 3 aromatic rings. The number of nitrogens with zero attached hydrogens (tertiary/aromatic N) is 4. The number of nitrogens with one attached hydrogen (secondary N) is 1. The zero-order valence-electron chi connectivity index (χ0n) is 14.6. The molecule has 2 heterocycles. The molecule has 2 aromatic carbocycles. The van der Waals surface area contributed by atoms with Gasteiger partial charge in [-0.2, -0.15) is 0 Å². The van der Waals surface area contributed by atoms with Crippen LogP contribution in [0, 0.1) is 6.92 Å². The summed E-state index contributed by atoms with van der Waals surface area (Å²) < 4.78 is 1.84. The number of amides is 1. The highest BCUT2D eigenvalue weighted by Crippen LogP contribution is 2.32. The lowest BCUT2D eigenvalue weighted by Crippen LogP contribution is -2.27. The molecule has 0 fully saturated rings. The van der Waals surface area contributed by atoms with Gasteiger partial charge in [0.25, 0.3) is 0 Å². The van der Waals surface area contributed by atoms with Gasteiger partial charge in [0.15, 0.2) is 12.0 Å². The number of phenolic OH excluding ortho intramolecular Hbond substituents is 1. The van der Waals surface area contributed by atoms with Crippen LogP contribution >= 0.6 is 11.6 Å². The van der Waals surface area contributed by atoms with Gasteiger partial charge in [-0.15, -0.1) is 10.2 Å². The normalized spacial score (nSPS) is 15.4. The molecule has 2 N–H and O–H groups in total. The number of aryl methyl sites for hydroxylation is 1. The number of carbonyl (C=O) groups is 1. The fraction of sp³-hybridized carbons (Fsp3) is 0.158. The van der Waals surface area contributed by atoms with Gasteiger partial charge in [-0.3, -0.25) is 14.4 Å². The molecule has 4 rings (SSSR count). The molecular formula is C19H16ClN5O2. The minimum Gasteiger partial charge on any atom is -0.508 e. The summed E-state index contributed by atoms with van der Waals surface area (Å²) in [6.45, 7) is 3.25. The fourth-order valence-corrected chi connectivity index (χ4v) is 3.27. The number of aliphatic imine (C=N–C) groups is 1. The Morgan fingerprint density at radius 1 is 1.19 bits per heavy atom. The molecule has 1 aromatic heterocycles. The number of hydrogen-bond donors (Lipinski definition) is 2. The average molecular weight is 382 g/mol. The first-order valence-electron chi connectivity index (χ1n) is 8.30. The van der Waals surface area contributed by atoms with E-state index in [1.165, 1.54) is 6.92 Å². The Morgan fingerprint density at radius 2 is 1.93 bits per heavy atom. The second kappa shape index (κ2) is 6.51. The van der Waals surface area contributed by atoms with E-state index in [9.17, 15) is 9.90 Å². The molecule has 0 radical (unpaired) electrons. The van der Waals surface area contributed by atoms with E-state index in [2.05, 4.69) is 15.5 Å². The van der Waals surface area contributed by atoms with Crippen LogP contribution in [0.15, 0.2) is 47.5 Å². The molecule has 0 saturated carbocycles. The summed E-state index contributed by atoms with van der Waals surface area (Å²) in [6.07, 6.45) is -0.719. The molecule has 8 heteroatoms. The number of carbonyl (C=O) groups excluding carboxylic acids is 1. The first-order valence-corrected chi connectivity index (χ1v) is 8.68. The van der Waals surface area contributed by atoms with Gasteiger partial charge >= 0.3 is 0 Å². The zero-order chi connectivity index (χ0) is 19.1. The van der Waals surface area contributed by atoms with E-state index in [1.807, 2.05) is 23.6 Å². The van der Waals surface area contributed by atoms with Crippen LogP contribution in [0.2, 0.25) is 5.02 Å². The summed E-state index contributed by atoms with van der Waals surface area (Å²) in [7, 11) is 0. The molecule has 1 amide bonds. The molecule has 0 saturated heterocycles. The molecule has 0 bridgehead atoms. The van der Waals surface area contributed by atoms with Gasteiger partial charge in [0.1, 0.15) is 11.6 Å². The van der Waals surface area contributed by atoms with Crippen molar-refractivity contribution in [3.8, 4) is 11.4 Å². The summed E-state index contributed by atoms with van der Waals surface area (Å²) in [5.74, 6) is 1.03. The Kier molecular flexibility index (Phi) is 4.16. The number of hydrogen-bond acceptors (Lipinski definition) is 5. The maximum absolute atomic E-state index is 11.8. The van der Waals surface area contributed by atoms with Crippen molar-refractivity contribution in [2.24, 2.45) is 4.99 Å². The Morgan fingerprint density at radius 3 is 2.63 bits per heavy atom. The molecule has 7 nitrogen and oxygen atoms in total. The lowest BCUT2D eigenvalue weighted by atomic mass is 10.00. The maximum Gasteiger partial charge on any atom is 0.218 e. The molecule has 0 unspecified atom stereocenters. The van der Waals surface area contributed by atoms with Crippen molar-refractivity contribution >= 4 is 23.2 Å². The standard InChI is InChI=1S/C19H16ClN5O2/c1-10-23-24-19-18(21-11(2)26)22-17(12-3-5-13(20)6-4-12)15-9-14(27)7-8-16(15)25(10)19/h3-9,18,27H,1-2H3,(H,21,26)/t18-/m1/s1. The van der Waals surface area contributed by atoms with Gasteiger partial charge in [-0.1, -0.05) is 23.7 Å². The predicted molar refractivity (Wildman–Crippen MR) is 101 cm³/mol. The lowest BCUT2D eigenvalue weighted by Gasteiger charge is -2.13. The third kappa shape index (κ3) is 3.06. The van der Waals surface area contributed by atoms with Gasteiger partial charge in [0.05, 0.1) is 11.4 Å². The van der Waals surface area contributed by atoms with Crippen molar-refractivity contribution in [3.63, 3.8) is 0 Å². The molecule has 1 atom stereocenters. The summed E-state index contributed by atoms with van der Waals surface area (Å²) >= 11 is 6.02. The highest BCUT2D eigenvalue weighted by Gasteiger charge is 2.28. The van der Waals surface area contributed by atoms with E-state index in [-0.39, 0.29) is 11.7 Å². The first-order chi connectivity index (χ1) is 12.9. The number of rotatable bonds is 2. The third-order valence-electron chi connectivity index (χ3n) is 4.29. The Balaban J connectivity index is 2.02. The molecule has 0 aliphatic carbocycles. The minimum atomic E-state index is -0.719. The number of aromatic hydroxyl groups is 1. The molecular weight excluding hydrogens is 366 g/mol. The Bertz CT molecular complexity index is 1070. The summed E-state index contributed by atoms with van der Waals surface area (Å²) in [5.41, 5.74) is 2.89. The molecule has 0 spiro atoms. The van der Waals surface area contributed by atoms with Crippen LogP contribution in [-0.4, -0.2) is 31.5 Å². The zero-order valence-corrected chi connectivity index (χ0v) is 15.4. The highest BCUT2D eigenvalue weighted by molar-refractivity contribution is 6.30. The number of benzene rings is 2. The number of aromatic nitrogens is 3. The van der Waals surface area contributed by atoms with Crippen LogP contribution in [0.5, 0.6) is 5.75 Å². The molecule has 1 aliphatic heterocycles. The van der Waals surface area contributed by atoms with Crippen molar-refractivity contribution in [2.75, 3.05) is 0 Å². The van der Waals surface area contributed by atoms with E-state index >= 15 is 0 Å². The minimum absolute atomic E-state index is 0.112. The maximum atomic E-state index is 11.8. The van der Waals surface area contributed by atoms with Crippen molar-refractivity contribution in [1.82, 2.24) is 20.1 Å². The monoisotopic (exact) mass is 381 g/mol. The average Bonchev–Trinajstić information content (AvgIpc) is 2.94. The van der Waals surface area contributed by atoms with Crippen molar-refractivity contribution in [1.29, 1.82) is 0 Å². The van der Waals surface area contributed by atoms with Gasteiger partial charge in [0.2, 0.25) is 5.91 Å². The second-order valence-electron chi connectivity index (χ2n) is 6.23. The van der Waals surface area contributed by atoms with Gasteiger partial charge in [0, 0.05) is 23.1 Å². The quantitative estimate of drug-likeness (QED) is 0.713. The summed E-state index contributed by atoms with van der Waals surface area (Å²) in [4.78, 5) is 16.5. The first kappa shape index (κ1) is 17.2. The van der Waals surface area contributed by atoms with Gasteiger partial charge < -0.3 is 10.4 Å². The Labute approximate surface area is 160 Å². The van der Waals surface area contributed by atoms with Crippen LogP contribution < -0.4 is 5.32 Å². The van der Waals surface area contributed by atoms with Gasteiger partial charge in [-0.25, -0.2) is 0 Å². The fourth-order valence-electron chi connectivity index (χ4n) is 3.15. The van der Waals surface area contributed by atoms with Crippen LogP contribution in [0.25, 0.3) is 5.69 Å². The van der Waals surface area contributed by atoms with E-state index < -0.39 is 6.17 Å². The Hall–Kier alpha value is -3.19. The van der Waals surface area contributed by atoms with Crippen LogP contribution in [0.4, 0.5) is 0 Å². The molecule has 27 heavy (non-hydrogen) atoms. The molecule has 1 aliphatic rings. The number of halogens is 1. The van der Waals surface area contributed by atoms with Crippen molar-refractivity contribution in [3.05, 3.63) is 70.3 Å². The number of phenols is 1. The van der Waals surface area contributed by atoms with E-state index in [0.29, 0.717) is 27.9 Å². The summed E-state index contributed by atoms with van der Waals surface area (Å²) in [6, 6.07) is 12.3. The van der Waals surface area contributed by atoms with Gasteiger partial charge in [-0.05, 0) is 37.3 Å².